The summed E-state index contributed by atoms with van der Waals surface area (Å²) in [7, 11) is 0. The second kappa shape index (κ2) is 6.03. The Morgan fingerprint density at radius 1 is 1.24 bits per heavy atom. The smallest absolute Gasteiger partial charge is 0.140 e. The van der Waals surface area contributed by atoms with E-state index >= 15 is 0 Å². The van der Waals surface area contributed by atoms with Crippen LogP contribution in [0.4, 0.5) is 5.82 Å². The lowest BCUT2D eigenvalue weighted by atomic mass is 10.1. The summed E-state index contributed by atoms with van der Waals surface area (Å²) >= 11 is 9.25. The van der Waals surface area contributed by atoms with Crippen LogP contribution in [0.5, 0.6) is 0 Å². The summed E-state index contributed by atoms with van der Waals surface area (Å²) in [5.74, 6) is 0.824. The number of rotatable bonds is 4. The Balaban J connectivity index is 1.90. The molecule has 2 nitrogen and oxygen atoms in total. The molecule has 0 atom stereocenters. The van der Waals surface area contributed by atoms with Crippen LogP contribution in [-0.4, -0.2) is 11.5 Å². The van der Waals surface area contributed by atoms with Gasteiger partial charge in [-0.1, -0.05) is 41.9 Å². The number of hydrogen-bond donors (Lipinski definition) is 1. The topological polar surface area (TPSA) is 24.9 Å². The SMILES string of the molecule is Clc1cnc(NCCc2ccccc2)c(Br)c1. The fraction of sp³-hybridized carbons (Fsp3) is 0.154. The molecule has 0 spiro atoms. The highest BCUT2D eigenvalue weighted by Crippen LogP contribution is 2.22. The molecule has 1 heterocycles. The lowest BCUT2D eigenvalue weighted by Crippen LogP contribution is -2.06. The summed E-state index contributed by atoms with van der Waals surface area (Å²) in [6, 6.07) is 12.2. The van der Waals surface area contributed by atoms with Crippen LogP contribution < -0.4 is 5.32 Å². The highest BCUT2D eigenvalue weighted by molar-refractivity contribution is 9.10. The fourth-order valence-corrected chi connectivity index (χ4v) is 2.29. The van der Waals surface area contributed by atoms with E-state index in [-0.39, 0.29) is 0 Å². The number of nitrogens with zero attached hydrogens (tertiary/aromatic N) is 1. The first kappa shape index (κ1) is 12.4. The van der Waals surface area contributed by atoms with Gasteiger partial charge in [0.1, 0.15) is 5.82 Å². The van der Waals surface area contributed by atoms with Crippen molar-refractivity contribution >= 4 is 33.3 Å². The van der Waals surface area contributed by atoms with Crippen LogP contribution in [0.25, 0.3) is 0 Å². The number of aromatic nitrogens is 1. The highest BCUT2D eigenvalue weighted by atomic mass is 79.9. The van der Waals surface area contributed by atoms with Crippen LogP contribution in [0.3, 0.4) is 0 Å². The summed E-state index contributed by atoms with van der Waals surface area (Å²) < 4.78 is 0.887. The van der Waals surface area contributed by atoms with Crippen LogP contribution in [-0.2, 0) is 6.42 Å². The predicted octanol–water partition coefficient (Wildman–Crippen LogP) is 4.15. The maximum Gasteiger partial charge on any atom is 0.140 e. The Bertz CT molecular complexity index is 488. The molecule has 1 aromatic heterocycles. The van der Waals surface area contributed by atoms with E-state index in [0.29, 0.717) is 5.02 Å². The Morgan fingerprint density at radius 2 is 2.00 bits per heavy atom. The lowest BCUT2D eigenvalue weighted by Gasteiger charge is -2.07. The first-order valence-corrected chi connectivity index (χ1v) is 6.51. The molecule has 1 aromatic carbocycles. The molecule has 0 bridgehead atoms. The molecule has 0 saturated heterocycles. The summed E-state index contributed by atoms with van der Waals surface area (Å²) in [4.78, 5) is 4.22. The Kier molecular flexibility index (Phi) is 4.40. The number of anilines is 1. The van der Waals surface area contributed by atoms with Crippen molar-refractivity contribution < 1.29 is 0 Å². The number of hydrogen-bond acceptors (Lipinski definition) is 2. The van der Waals surface area contributed by atoms with Crippen LogP contribution in [0.1, 0.15) is 5.56 Å². The van der Waals surface area contributed by atoms with Crippen molar-refractivity contribution in [3.05, 3.63) is 57.7 Å². The number of halogens is 2. The molecule has 0 saturated carbocycles. The maximum atomic E-state index is 5.83. The standard InChI is InChI=1S/C13H12BrClN2/c14-12-8-11(15)9-17-13(12)16-7-6-10-4-2-1-3-5-10/h1-5,8-9H,6-7H2,(H,16,17). The average molecular weight is 312 g/mol. The molecule has 88 valence electrons. The molecule has 0 aliphatic carbocycles. The van der Waals surface area contributed by atoms with E-state index in [4.69, 9.17) is 11.6 Å². The van der Waals surface area contributed by atoms with E-state index in [9.17, 15) is 0 Å². The zero-order chi connectivity index (χ0) is 12.1. The Hall–Kier alpha value is -1.06. The zero-order valence-electron chi connectivity index (χ0n) is 9.16. The van der Waals surface area contributed by atoms with Crippen LogP contribution in [0.15, 0.2) is 47.1 Å². The van der Waals surface area contributed by atoms with E-state index in [1.165, 1.54) is 5.56 Å². The van der Waals surface area contributed by atoms with E-state index in [0.717, 1.165) is 23.3 Å². The average Bonchev–Trinajstić information content (AvgIpc) is 2.33. The molecule has 2 aromatic rings. The van der Waals surface area contributed by atoms with Gasteiger partial charge in [-0.25, -0.2) is 4.98 Å². The van der Waals surface area contributed by atoms with Gasteiger partial charge >= 0.3 is 0 Å². The third-order valence-electron chi connectivity index (χ3n) is 2.36. The predicted molar refractivity (Wildman–Crippen MR) is 75.6 cm³/mol. The summed E-state index contributed by atoms with van der Waals surface area (Å²) in [6.45, 7) is 0.844. The summed E-state index contributed by atoms with van der Waals surface area (Å²) in [5.41, 5.74) is 1.31. The minimum absolute atomic E-state index is 0.630. The van der Waals surface area contributed by atoms with Crippen molar-refractivity contribution in [2.75, 3.05) is 11.9 Å². The van der Waals surface area contributed by atoms with E-state index in [2.05, 4.69) is 38.4 Å². The van der Waals surface area contributed by atoms with Crippen molar-refractivity contribution in [3.63, 3.8) is 0 Å². The van der Waals surface area contributed by atoms with Crippen molar-refractivity contribution in [3.8, 4) is 0 Å². The van der Waals surface area contributed by atoms with Crippen molar-refractivity contribution in [2.45, 2.75) is 6.42 Å². The van der Waals surface area contributed by atoms with Gasteiger partial charge in [0, 0.05) is 12.7 Å². The molecule has 0 fully saturated rings. The number of nitrogens with one attached hydrogen (secondary N) is 1. The second-order valence-corrected chi connectivity index (χ2v) is 4.94. The van der Waals surface area contributed by atoms with Crippen molar-refractivity contribution in [1.82, 2.24) is 4.98 Å². The monoisotopic (exact) mass is 310 g/mol. The van der Waals surface area contributed by atoms with Crippen molar-refractivity contribution in [1.29, 1.82) is 0 Å². The maximum absolute atomic E-state index is 5.83. The largest absolute Gasteiger partial charge is 0.369 e. The van der Waals surface area contributed by atoms with Gasteiger partial charge in [-0.15, -0.1) is 0 Å². The van der Waals surface area contributed by atoms with E-state index < -0.39 is 0 Å². The molecule has 0 aliphatic rings. The van der Waals surface area contributed by atoms with Crippen LogP contribution in [0.2, 0.25) is 5.02 Å². The molecule has 0 radical (unpaired) electrons. The molecule has 1 N–H and O–H groups in total. The summed E-state index contributed by atoms with van der Waals surface area (Å²) in [6.07, 6.45) is 2.61. The van der Waals surface area contributed by atoms with Gasteiger partial charge in [-0.05, 0) is 34.0 Å². The van der Waals surface area contributed by atoms with Gasteiger partial charge in [0.15, 0.2) is 0 Å². The molecule has 17 heavy (non-hydrogen) atoms. The minimum atomic E-state index is 0.630. The van der Waals surface area contributed by atoms with E-state index in [1.54, 1.807) is 6.20 Å². The molecule has 2 rings (SSSR count). The van der Waals surface area contributed by atoms with E-state index in [1.807, 2.05) is 24.3 Å². The van der Waals surface area contributed by atoms with Gasteiger partial charge in [0.2, 0.25) is 0 Å². The first-order chi connectivity index (χ1) is 8.25. The number of benzene rings is 1. The third-order valence-corrected chi connectivity index (χ3v) is 3.17. The minimum Gasteiger partial charge on any atom is -0.369 e. The molecular formula is C13H12BrClN2. The molecule has 4 heteroatoms. The number of pyridine rings is 1. The highest BCUT2D eigenvalue weighted by Gasteiger charge is 2.01. The van der Waals surface area contributed by atoms with Gasteiger partial charge in [0.25, 0.3) is 0 Å². The zero-order valence-corrected chi connectivity index (χ0v) is 11.5. The molecular weight excluding hydrogens is 300 g/mol. The normalized spacial score (nSPS) is 10.2. The second-order valence-electron chi connectivity index (χ2n) is 3.65. The quantitative estimate of drug-likeness (QED) is 0.917. The van der Waals surface area contributed by atoms with Gasteiger partial charge < -0.3 is 5.32 Å². The third kappa shape index (κ3) is 3.72. The fourth-order valence-electron chi connectivity index (χ4n) is 1.51. The molecule has 0 amide bonds. The first-order valence-electron chi connectivity index (χ1n) is 5.34. The molecule has 0 aliphatic heterocycles. The van der Waals surface area contributed by atoms with Gasteiger partial charge in [-0.3, -0.25) is 0 Å². The Morgan fingerprint density at radius 3 is 2.71 bits per heavy atom. The lowest BCUT2D eigenvalue weighted by molar-refractivity contribution is 1.00. The Labute approximate surface area is 114 Å². The van der Waals surface area contributed by atoms with Gasteiger partial charge in [0.05, 0.1) is 9.50 Å². The molecule has 0 unspecified atom stereocenters. The van der Waals surface area contributed by atoms with Crippen LogP contribution in [0, 0.1) is 0 Å². The van der Waals surface area contributed by atoms with Crippen molar-refractivity contribution in [2.24, 2.45) is 0 Å². The van der Waals surface area contributed by atoms with Gasteiger partial charge in [-0.2, -0.15) is 0 Å². The summed E-state index contributed by atoms with van der Waals surface area (Å²) in [5, 5.41) is 3.90. The van der Waals surface area contributed by atoms with Crippen LogP contribution >= 0.6 is 27.5 Å².